The van der Waals surface area contributed by atoms with Crippen LogP contribution in [0, 0.1) is 10.1 Å². The largest absolute Gasteiger partial charge is 0.504 e. The molecule has 0 unspecified atom stereocenters. The maximum Gasteiger partial charge on any atom is 0.269 e. The van der Waals surface area contributed by atoms with E-state index < -0.39 is 4.92 Å². The maximum atomic E-state index is 10.7. The fraction of sp³-hybridized carbons (Fsp3) is 0.167. The molecule has 0 amide bonds. The van der Waals surface area contributed by atoms with Gasteiger partial charge in [-0.1, -0.05) is 12.1 Å². The number of nitro benzene ring substituents is 1. The molecular formula is C18H16N4O3. The lowest BCUT2D eigenvalue weighted by molar-refractivity contribution is -0.384. The molecule has 1 aromatic heterocycles. The quantitative estimate of drug-likeness (QED) is 0.292. The van der Waals surface area contributed by atoms with Crippen LogP contribution in [0.2, 0.25) is 0 Å². The Balaban J connectivity index is 1.59. The number of benzene rings is 2. The van der Waals surface area contributed by atoms with E-state index in [1.54, 1.807) is 18.3 Å². The van der Waals surface area contributed by atoms with Gasteiger partial charge < -0.3 is 15.4 Å². The first-order valence-electron chi connectivity index (χ1n) is 7.99. The number of nitro groups is 1. The van der Waals surface area contributed by atoms with Gasteiger partial charge >= 0.3 is 0 Å². The number of aromatic nitrogens is 1. The third-order valence-electron chi connectivity index (χ3n) is 4.41. The predicted octanol–water partition coefficient (Wildman–Crippen LogP) is 3.69. The minimum Gasteiger partial charge on any atom is -0.504 e. The molecule has 1 aliphatic heterocycles. The van der Waals surface area contributed by atoms with Crippen LogP contribution in [0.15, 0.2) is 41.5 Å². The highest BCUT2D eigenvalue weighted by Crippen LogP contribution is 2.42. The van der Waals surface area contributed by atoms with Gasteiger partial charge in [-0.2, -0.15) is 0 Å². The van der Waals surface area contributed by atoms with E-state index in [-0.39, 0.29) is 11.4 Å². The smallest absolute Gasteiger partial charge is 0.269 e. The van der Waals surface area contributed by atoms with Crippen molar-refractivity contribution in [1.29, 1.82) is 0 Å². The summed E-state index contributed by atoms with van der Waals surface area (Å²) in [6, 6.07) is 8.20. The van der Waals surface area contributed by atoms with Gasteiger partial charge in [0.05, 0.1) is 10.4 Å². The van der Waals surface area contributed by atoms with E-state index in [0.717, 1.165) is 29.6 Å². The van der Waals surface area contributed by atoms with Crippen molar-refractivity contribution < 1.29 is 10.0 Å². The molecule has 0 spiro atoms. The molecule has 0 atom stereocenters. The molecule has 0 aliphatic carbocycles. The average molecular weight is 336 g/mol. The van der Waals surface area contributed by atoms with Crippen LogP contribution in [-0.2, 0) is 12.8 Å². The molecule has 25 heavy (non-hydrogen) atoms. The Morgan fingerprint density at radius 2 is 2.12 bits per heavy atom. The Morgan fingerprint density at radius 1 is 1.32 bits per heavy atom. The number of aliphatic imine (C=N–C) groups is 1. The fourth-order valence-corrected chi connectivity index (χ4v) is 3.13. The monoisotopic (exact) mass is 336 g/mol. The van der Waals surface area contributed by atoms with Crippen molar-refractivity contribution in [3.8, 4) is 5.75 Å². The number of aromatic hydroxyl groups is 1. The number of phenolic OH excluding ortho intramolecular Hbond substituents is 1. The van der Waals surface area contributed by atoms with Crippen molar-refractivity contribution in [2.75, 3.05) is 11.9 Å². The van der Waals surface area contributed by atoms with Crippen molar-refractivity contribution in [2.24, 2.45) is 4.99 Å². The summed E-state index contributed by atoms with van der Waals surface area (Å²) in [6.07, 6.45) is 5.07. The number of non-ortho nitro benzene ring substituents is 1. The SMILES string of the molecule is O=[N+]([O-])c1ccc(CC=Nc2cc3c4c(c[nH]c4c2O)CCN3)cc1. The van der Waals surface area contributed by atoms with Crippen LogP contribution < -0.4 is 5.32 Å². The van der Waals surface area contributed by atoms with E-state index in [2.05, 4.69) is 15.3 Å². The topological polar surface area (TPSA) is 104 Å². The van der Waals surface area contributed by atoms with Crippen LogP contribution >= 0.6 is 0 Å². The lowest BCUT2D eigenvalue weighted by Crippen LogP contribution is -2.09. The second-order valence-electron chi connectivity index (χ2n) is 5.97. The van der Waals surface area contributed by atoms with Gasteiger partial charge in [0, 0.05) is 48.6 Å². The van der Waals surface area contributed by atoms with Crippen molar-refractivity contribution in [3.05, 3.63) is 57.8 Å². The predicted molar refractivity (Wildman–Crippen MR) is 97.1 cm³/mol. The molecule has 0 bridgehead atoms. The number of hydrogen-bond donors (Lipinski definition) is 3. The summed E-state index contributed by atoms with van der Waals surface area (Å²) in [5.74, 6) is 0.133. The summed E-state index contributed by atoms with van der Waals surface area (Å²) in [5, 5.41) is 25.5. The highest BCUT2D eigenvalue weighted by atomic mass is 16.6. The number of H-pyrrole nitrogens is 1. The second kappa shape index (κ2) is 5.94. The molecule has 3 N–H and O–H groups in total. The fourth-order valence-electron chi connectivity index (χ4n) is 3.13. The van der Waals surface area contributed by atoms with E-state index in [0.29, 0.717) is 17.6 Å². The lowest BCUT2D eigenvalue weighted by atomic mass is 10.0. The highest BCUT2D eigenvalue weighted by Gasteiger charge is 2.18. The van der Waals surface area contributed by atoms with Gasteiger partial charge in [0.25, 0.3) is 5.69 Å². The van der Waals surface area contributed by atoms with E-state index in [1.165, 1.54) is 17.7 Å². The van der Waals surface area contributed by atoms with Crippen LogP contribution in [0.5, 0.6) is 5.75 Å². The molecule has 2 heterocycles. The summed E-state index contributed by atoms with van der Waals surface area (Å²) >= 11 is 0. The summed E-state index contributed by atoms with van der Waals surface area (Å²) < 4.78 is 0. The molecule has 0 saturated carbocycles. The minimum absolute atomic E-state index is 0.0662. The van der Waals surface area contributed by atoms with Gasteiger partial charge in [0.1, 0.15) is 5.69 Å². The zero-order chi connectivity index (χ0) is 17.4. The Kier molecular flexibility index (Phi) is 3.61. The van der Waals surface area contributed by atoms with Crippen LogP contribution in [-0.4, -0.2) is 27.8 Å². The summed E-state index contributed by atoms with van der Waals surface area (Å²) in [6.45, 7) is 0.858. The van der Waals surface area contributed by atoms with E-state index in [1.807, 2.05) is 12.3 Å². The van der Waals surface area contributed by atoms with Crippen molar-refractivity contribution in [2.45, 2.75) is 12.8 Å². The lowest BCUT2D eigenvalue weighted by Gasteiger charge is -2.16. The molecular weight excluding hydrogens is 320 g/mol. The summed E-state index contributed by atoms with van der Waals surface area (Å²) in [4.78, 5) is 17.8. The van der Waals surface area contributed by atoms with E-state index in [4.69, 9.17) is 0 Å². The van der Waals surface area contributed by atoms with Crippen LogP contribution in [0.3, 0.4) is 0 Å². The molecule has 3 aromatic rings. The Morgan fingerprint density at radius 3 is 2.88 bits per heavy atom. The van der Waals surface area contributed by atoms with Crippen molar-refractivity contribution in [1.82, 2.24) is 4.98 Å². The standard InChI is InChI=1S/C18H16N4O3/c23-18-15(9-14-16-12(6-8-19-14)10-21-17(16)18)20-7-5-11-1-3-13(4-2-11)22(24)25/h1-4,7,9-10,19,21,23H,5-6,8H2. The van der Waals surface area contributed by atoms with Gasteiger partial charge in [-0.25, -0.2) is 0 Å². The van der Waals surface area contributed by atoms with Crippen LogP contribution in [0.25, 0.3) is 10.9 Å². The maximum absolute atomic E-state index is 10.7. The van der Waals surface area contributed by atoms with Gasteiger partial charge in [0.15, 0.2) is 5.75 Å². The third kappa shape index (κ3) is 2.69. The average Bonchev–Trinajstić information content (AvgIpc) is 3.05. The molecule has 1 aliphatic rings. The second-order valence-corrected chi connectivity index (χ2v) is 5.97. The van der Waals surface area contributed by atoms with Crippen LogP contribution in [0.4, 0.5) is 17.1 Å². The number of aromatic amines is 1. The molecule has 0 fully saturated rings. The zero-order valence-corrected chi connectivity index (χ0v) is 13.3. The number of phenols is 1. The first-order valence-corrected chi connectivity index (χ1v) is 7.99. The summed E-state index contributed by atoms with van der Waals surface area (Å²) in [5.41, 5.74) is 4.33. The molecule has 2 aromatic carbocycles. The molecule has 7 nitrogen and oxygen atoms in total. The number of nitrogens with zero attached hydrogens (tertiary/aromatic N) is 2. The van der Waals surface area contributed by atoms with Crippen molar-refractivity contribution in [3.63, 3.8) is 0 Å². The van der Waals surface area contributed by atoms with E-state index in [9.17, 15) is 15.2 Å². The molecule has 0 saturated heterocycles. The Hall–Kier alpha value is -3.35. The van der Waals surface area contributed by atoms with Gasteiger partial charge in [-0.3, -0.25) is 15.1 Å². The number of hydrogen-bond acceptors (Lipinski definition) is 5. The summed E-state index contributed by atoms with van der Waals surface area (Å²) in [7, 11) is 0. The first kappa shape index (κ1) is 15.2. The first-order chi connectivity index (χ1) is 12.1. The van der Waals surface area contributed by atoms with Gasteiger partial charge in [0.2, 0.25) is 0 Å². The molecule has 7 heteroatoms. The zero-order valence-electron chi connectivity index (χ0n) is 13.3. The van der Waals surface area contributed by atoms with Crippen LogP contribution in [0.1, 0.15) is 11.1 Å². The van der Waals surface area contributed by atoms with Gasteiger partial charge in [-0.15, -0.1) is 0 Å². The Bertz CT molecular complexity index is 990. The highest BCUT2D eigenvalue weighted by molar-refractivity contribution is 6.03. The van der Waals surface area contributed by atoms with E-state index >= 15 is 0 Å². The van der Waals surface area contributed by atoms with Gasteiger partial charge in [-0.05, 0) is 23.6 Å². The van der Waals surface area contributed by atoms with Crippen molar-refractivity contribution >= 4 is 34.2 Å². The minimum atomic E-state index is -0.422. The third-order valence-corrected chi connectivity index (χ3v) is 4.41. The number of anilines is 1. The Labute approximate surface area is 143 Å². The molecule has 4 rings (SSSR count). The number of nitrogens with one attached hydrogen (secondary N) is 2. The molecule has 126 valence electrons. The molecule has 0 radical (unpaired) electrons. The number of rotatable bonds is 4. The normalized spacial score (nSPS) is 13.3.